The van der Waals surface area contributed by atoms with Crippen molar-refractivity contribution < 1.29 is 4.79 Å². The number of carbonyl (C=O) groups is 1. The van der Waals surface area contributed by atoms with Crippen molar-refractivity contribution >= 4 is 33.1 Å². The van der Waals surface area contributed by atoms with Gasteiger partial charge in [0, 0.05) is 41.4 Å². The van der Waals surface area contributed by atoms with Gasteiger partial charge in [-0.05, 0) is 48.7 Å². The van der Waals surface area contributed by atoms with Crippen LogP contribution >= 0.6 is 11.3 Å². The number of nitrogens with zero attached hydrogens (tertiary/aromatic N) is 3. The summed E-state index contributed by atoms with van der Waals surface area (Å²) in [5.74, 6) is 5.87. The van der Waals surface area contributed by atoms with E-state index in [1.54, 1.807) is 6.20 Å². The van der Waals surface area contributed by atoms with E-state index in [9.17, 15) is 9.59 Å². The fourth-order valence-electron chi connectivity index (χ4n) is 3.77. The number of thiophene rings is 1. The van der Waals surface area contributed by atoms with Crippen LogP contribution in [0.3, 0.4) is 0 Å². The minimum absolute atomic E-state index is 0.140. The van der Waals surface area contributed by atoms with Gasteiger partial charge in [0.2, 0.25) is 5.91 Å². The molecule has 0 aliphatic carbocycles. The molecule has 6 nitrogen and oxygen atoms in total. The third-order valence-corrected chi connectivity index (χ3v) is 6.54. The maximum atomic E-state index is 13.2. The van der Waals surface area contributed by atoms with Crippen molar-refractivity contribution in [1.82, 2.24) is 14.5 Å². The van der Waals surface area contributed by atoms with E-state index < -0.39 is 0 Å². The number of amides is 1. The van der Waals surface area contributed by atoms with E-state index in [4.69, 9.17) is 0 Å². The van der Waals surface area contributed by atoms with Gasteiger partial charge in [0.1, 0.15) is 10.5 Å². The predicted octanol–water partition coefficient (Wildman–Crippen LogP) is 5.26. The Labute approximate surface area is 212 Å². The van der Waals surface area contributed by atoms with Crippen LogP contribution in [0.25, 0.3) is 21.3 Å². The maximum absolute atomic E-state index is 13.2. The summed E-state index contributed by atoms with van der Waals surface area (Å²) in [6.45, 7) is 2.26. The Kier molecular flexibility index (Phi) is 6.69. The number of pyridine rings is 1. The van der Waals surface area contributed by atoms with Crippen molar-refractivity contribution in [2.45, 2.75) is 19.9 Å². The fourth-order valence-corrected chi connectivity index (χ4v) is 4.67. The van der Waals surface area contributed by atoms with Gasteiger partial charge in [-0.25, -0.2) is 9.97 Å². The van der Waals surface area contributed by atoms with Gasteiger partial charge in [-0.15, -0.1) is 11.3 Å². The number of anilines is 1. The van der Waals surface area contributed by atoms with Gasteiger partial charge in [-0.2, -0.15) is 0 Å². The highest BCUT2D eigenvalue weighted by molar-refractivity contribution is 7.17. The van der Waals surface area contributed by atoms with Crippen LogP contribution in [-0.4, -0.2) is 20.4 Å². The standard InChI is InChI=1S/C29H22N4O2S/c1-20-8-11-22(12-9-20)25-18-36-28-27(25)29(35)33(19-31-28)16-14-26(34)32-24-7-4-5-21(17-24)10-13-23-6-2-3-15-30-23/h2-9,11-12,15,17-19H,14,16H2,1H3,(H,32,34). The molecule has 0 saturated heterocycles. The Morgan fingerprint density at radius 2 is 1.89 bits per heavy atom. The van der Waals surface area contributed by atoms with E-state index in [1.807, 2.05) is 79.0 Å². The van der Waals surface area contributed by atoms with Gasteiger partial charge in [0.05, 0.1) is 11.7 Å². The second-order valence-electron chi connectivity index (χ2n) is 8.28. The van der Waals surface area contributed by atoms with E-state index >= 15 is 0 Å². The SMILES string of the molecule is Cc1ccc(-c2csc3ncn(CCC(=O)Nc4cccc(C#Cc5ccccn5)c4)c(=O)c23)cc1. The van der Waals surface area contributed by atoms with Crippen LogP contribution in [0.15, 0.2) is 89.4 Å². The molecule has 3 aromatic heterocycles. The first-order chi connectivity index (χ1) is 17.6. The van der Waals surface area contributed by atoms with Crippen molar-refractivity contribution in [3.8, 4) is 23.0 Å². The molecule has 36 heavy (non-hydrogen) atoms. The van der Waals surface area contributed by atoms with Crippen LogP contribution < -0.4 is 10.9 Å². The Morgan fingerprint density at radius 1 is 1.03 bits per heavy atom. The average Bonchev–Trinajstić information content (AvgIpc) is 3.33. The highest BCUT2D eigenvalue weighted by Gasteiger charge is 2.14. The van der Waals surface area contributed by atoms with Gasteiger partial charge in [0.25, 0.3) is 5.56 Å². The molecular formula is C29H22N4O2S. The molecule has 0 spiro atoms. The molecule has 0 radical (unpaired) electrons. The van der Waals surface area contributed by atoms with Crippen molar-refractivity contribution in [2.75, 3.05) is 5.32 Å². The van der Waals surface area contributed by atoms with Crippen molar-refractivity contribution in [1.29, 1.82) is 0 Å². The number of carbonyl (C=O) groups excluding carboxylic acids is 1. The highest BCUT2D eigenvalue weighted by Crippen LogP contribution is 2.30. The van der Waals surface area contributed by atoms with E-state index in [2.05, 4.69) is 27.1 Å². The molecule has 5 aromatic rings. The number of aryl methyl sites for hydroxylation is 2. The molecule has 5 rings (SSSR count). The third-order valence-electron chi connectivity index (χ3n) is 5.65. The molecule has 176 valence electrons. The lowest BCUT2D eigenvalue weighted by atomic mass is 10.1. The second kappa shape index (κ2) is 10.4. The summed E-state index contributed by atoms with van der Waals surface area (Å²) in [6, 6.07) is 21.0. The van der Waals surface area contributed by atoms with E-state index in [-0.39, 0.29) is 24.4 Å². The summed E-state index contributed by atoms with van der Waals surface area (Å²) in [4.78, 5) is 35.2. The number of hydrogen-bond acceptors (Lipinski definition) is 5. The van der Waals surface area contributed by atoms with E-state index in [0.29, 0.717) is 21.6 Å². The normalized spacial score (nSPS) is 10.6. The topological polar surface area (TPSA) is 76.9 Å². The van der Waals surface area contributed by atoms with E-state index in [1.165, 1.54) is 22.2 Å². The van der Waals surface area contributed by atoms with Gasteiger partial charge < -0.3 is 5.32 Å². The Balaban J connectivity index is 1.28. The van der Waals surface area contributed by atoms with Crippen molar-refractivity contribution in [2.24, 2.45) is 0 Å². The molecule has 0 unspecified atom stereocenters. The summed E-state index contributed by atoms with van der Waals surface area (Å²) < 4.78 is 1.50. The summed E-state index contributed by atoms with van der Waals surface area (Å²) in [7, 11) is 0. The zero-order chi connectivity index (χ0) is 24.9. The predicted molar refractivity (Wildman–Crippen MR) is 144 cm³/mol. The van der Waals surface area contributed by atoms with Gasteiger partial charge >= 0.3 is 0 Å². The first kappa shape index (κ1) is 23.2. The molecule has 0 bridgehead atoms. The number of benzene rings is 2. The molecule has 1 N–H and O–H groups in total. The van der Waals surface area contributed by atoms with Crippen LogP contribution in [0, 0.1) is 18.8 Å². The summed E-state index contributed by atoms with van der Waals surface area (Å²) in [5.41, 5.74) is 4.96. The second-order valence-corrected chi connectivity index (χ2v) is 9.14. The number of fused-ring (bicyclic) bond motifs is 1. The molecule has 0 aliphatic heterocycles. The third kappa shape index (κ3) is 5.24. The Hall–Kier alpha value is -4.54. The molecule has 1 amide bonds. The number of rotatable bonds is 5. The monoisotopic (exact) mass is 490 g/mol. The van der Waals surface area contributed by atoms with Gasteiger partial charge in [-0.1, -0.05) is 47.9 Å². The first-order valence-corrected chi connectivity index (χ1v) is 12.3. The Bertz CT molecular complexity index is 1660. The van der Waals surface area contributed by atoms with Crippen LogP contribution in [0.5, 0.6) is 0 Å². The number of nitrogens with one attached hydrogen (secondary N) is 1. The van der Waals surface area contributed by atoms with Crippen LogP contribution in [0.2, 0.25) is 0 Å². The van der Waals surface area contributed by atoms with Crippen molar-refractivity contribution in [3.63, 3.8) is 0 Å². The molecule has 3 heterocycles. The highest BCUT2D eigenvalue weighted by atomic mass is 32.1. The molecule has 0 saturated carbocycles. The minimum Gasteiger partial charge on any atom is -0.326 e. The zero-order valence-electron chi connectivity index (χ0n) is 19.6. The van der Waals surface area contributed by atoms with E-state index in [0.717, 1.165) is 22.3 Å². The zero-order valence-corrected chi connectivity index (χ0v) is 20.4. The number of hydrogen-bond donors (Lipinski definition) is 1. The van der Waals surface area contributed by atoms with Crippen LogP contribution in [0.4, 0.5) is 5.69 Å². The summed E-state index contributed by atoms with van der Waals surface area (Å²) in [6.07, 6.45) is 3.35. The smallest absolute Gasteiger partial charge is 0.262 e. The molecular weight excluding hydrogens is 468 g/mol. The summed E-state index contributed by atoms with van der Waals surface area (Å²) >= 11 is 1.45. The number of aromatic nitrogens is 3. The molecule has 7 heteroatoms. The minimum atomic E-state index is -0.194. The van der Waals surface area contributed by atoms with Crippen LogP contribution in [0.1, 0.15) is 23.2 Å². The van der Waals surface area contributed by atoms with Gasteiger partial charge in [-0.3, -0.25) is 14.2 Å². The van der Waals surface area contributed by atoms with Gasteiger partial charge in [0.15, 0.2) is 0 Å². The average molecular weight is 491 g/mol. The van der Waals surface area contributed by atoms with Crippen LogP contribution in [-0.2, 0) is 11.3 Å². The first-order valence-electron chi connectivity index (χ1n) is 11.4. The quantitative estimate of drug-likeness (QED) is 0.341. The Morgan fingerprint density at radius 3 is 2.69 bits per heavy atom. The lowest BCUT2D eigenvalue weighted by Crippen LogP contribution is -2.23. The van der Waals surface area contributed by atoms with Crippen molar-refractivity contribution in [3.05, 3.63) is 112 Å². The lowest BCUT2D eigenvalue weighted by Gasteiger charge is -2.08. The lowest BCUT2D eigenvalue weighted by molar-refractivity contribution is -0.116. The summed E-state index contributed by atoms with van der Waals surface area (Å²) in [5, 5.41) is 5.44. The maximum Gasteiger partial charge on any atom is 0.262 e. The fraction of sp³-hybridized carbons (Fsp3) is 0.103. The largest absolute Gasteiger partial charge is 0.326 e. The molecule has 0 atom stereocenters. The molecule has 0 aliphatic rings. The molecule has 2 aromatic carbocycles. The molecule has 0 fully saturated rings.